The molecule has 0 aliphatic carbocycles. The molecule has 8 nitrogen and oxygen atoms in total. The van der Waals surface area contributed by atoms with Gasteiger partial charge in [0.15, 0.2) is 29.6 Å². The van der Waals surface area contributed by atoms with Crippen molar-refractivity contribution < 1.29 is 42.1 Å². The molecule has 0 aliphatic heterocycles. The number of halogens is 2. The third-order valence-electron chi connectivity index (χ3n) is 4.13. The minimum Gasteiger partial charge on any atom is -0.493 e. The zero-order valence-electron chi connectivity index (χ0n) is 17.3. The second-order valence-electron chi connectivity index (χ2n) is 6.11. The predicted octanol–water partition coefficient (Wildman–Crippen LogP) is 2.83. The van der Waals surface area contributed by atoms with Gasteiger partial charge in [0.25, 0.3) is 5.91 Å². The standard InChI is InChI=1S/C21H23F2NO7/c1-27-15-6-4-13(10-17(15)28-2)8-9-24-19(25)12-30-20(26)14-5-7-16(31-21(22)23)18(11-14)29-3/h4-7,10-11,21H,8-9,12H2,1-3H3,(H,24,25). The molecule has 0 atom stereocenters. The van der Waals surface area contributed by atoms with Crippen molar-refractivity contribution in [2.45, 2.75) is 13.0 Å². The van der Waals surface area contributed by atoms with Crippen LogP contribution in [-0.4, -0.2) is 53.0 Å². The molecule has 2 aromatic carbocycles. The maximum absolute atomic E-state index is 12.4. The summed E-state index contributed by atoms with van der Waals surface area (Å²) < 4.78 is 49.3. The fourth-order valence-corrected chi connectivity index (χ4v) is 2.64. The van der Waals surface area contributed by atoms with Crippen LogP contribution in [0.15, 0.2) is 36.4 Å². The van der Waals surface area contributed by atoms with Crippen LogP contribution >= 0.6 is 0 Å². The van der Waals surface area contributed by atoms with E-state index in [1.54, 1.807) is 19.2 Å². The molecular weight excluding hydrogens is 416 g/mol. The fourth-order valence-electron chi connectivity index (χ4n) is 2.64. The van der Waals surface area contributed by atoms with Gasteiger partial charge in [0.05, 0.1) is 26.9 Å². The number of ether oxygens (including phenoxy) is 5. The lowest BCUT2D eigenvalue weighted by molar-refractivity contribution is -0.124. The highest BCUT2D eigenvalue weighted by Gasteiger charge is 2.16. The minimum atomic E-state index is -3.03. The summed E-state index contributed by atoms with van der Waals surface area (Å²) in [6, 6.07) is 9.00. The Hall–Kier alpha value is -3.56. The van der Waals surface area contributed by atoms with Crippen molar-refractivity contribution in [1.29, 1.82) is 0 Å². The molecule has 0 spiro atoms. The van der Waals surface area contributed by atoms with Gasteiger partial charge in [-0.1, -0.05) is 6.07 Å². The number of hydrogen-bond donors (Lipinski definition) is 1. The summed E-state index contributed by atoms with van der Waals surface area (Å²) in [5, 5.41) is 2.64. The third kappa shape index (κ3) is 7.02. The van der Waals surface area contributed by atoms with E-state index < -0.39 is 25.1 Å². The molecule has 0 unspecified atom stereocenters. The summed E-state index contributed by atoms with van der Waals surface area (Å²) in [7, 11) is 4.32. The van der Waals surface area contributed by atoms with Crippen LogP contribution in [0, 0.1) is 0 Å². The first-order chi connectivity index (χ1) is 14.9. The molecule has 0 bridgehead atoms. The highest BCUT2D eigenvalue weighted by molar-refractivity contribution is 5.92. The Labute approximate surface area is 178 Å². The molecule has 1 N–H and O–H groups in total. The molecule has 0 radical (unpaired) electrons. The highest BCUT2D eigenvalue weighted by atomic mass is 19.3. The summed E-state index contributed by atoms with van der Waals surface area (Å²) in [6.45, 7) is -3.21. The van der Waals surface area contributed by atoms with Crippen LogP contribution in [0.3, 0.4) is 0 Å². The molecule has 0 aliphatic rings. The number of hydrogen-bond acceptors (Lipinski definition) is 7. The van der Waals surface area contributed by atoms with E-state index in [9.17, 15) is 18.4 Å². The third-order valence-corrected chi connectivity index (χ3v) is 4.13. The summed E-state index contributed by atoms with van der Waals surface area (Å²) in [4.78, 5) is 24.0. The van der Waals surface area contributed by atoms with Gasteiger partial charge in [0.2, 0.25) is 0 Å². The van der Waals surface area contributed by atoms with Crippen molar-refractivity contribution in [3.63, 3.8) is 0 Å². The summed E-state index contributed by atoms with van der Waals surface area (Å²) in [5.41, 5.74) is 0.949. The molecule has 0 saturated heterocycles. The van der Waals surface area contributed by atoms with E-state index in [0.29, 0.717) is 24.5 Å². The van der Waals surface area contributed by atoms with Crippen LogP contribution in [-0.2, 0) is 16.0 Å². The Kier molecular flexibility index (Phi) is 8.86. The van der Waals surface area contributed by atoms with Gasteiger partial charge in [-0.3, -0.25) is 4.79 Å². The van der Waals surface area contributed by atoms with E-state index in [1.165, 1.54) is 26.4 Å². The number of benzene rings is 2. The maximum atomic E-state index is 12.4. The molecule has 2 rings (SSSR count). The van der Waals surface area contributed by atoms with Crippen LogP contribution < -0.4 is 24.3 Å². The van der Waals surface area contributed by atoms with Crippen molar-refractivity contribution in [2.24, 2.45) is 0 Å². The van der Waals surface area contributed by atoms with E-state index in [2.05, 4.69) is 10.1 Å². The molecule has 31 heavy (non-hydrogen) atoms. The maximum Gasteiger partial charge on any atom is 0.387 e. The fraction of sp³-hybridized carbons (Fsp3) is 0.333. The lowest BCUT2D eigenvalue weighted by atomic mass is 10.1. The molecule has 168 valence electrons. The Bertz CT molecular complexity index is 905. The highest BCUT2D eigenvalue weighted by Crippen LogP contribution is 2.30. The number of esters is 1. The molecule has 0 fully saturated rings. The Morgan fingerprint density at radius 2 is 1.55 bits per heavy atom. The number of rotatable bonds is 11. The molecule has 1 amide bonds. The summed E-state index contributed by atoms with van der Waals surface area (Å²) in [5.74, 6) is -0.389. The van der Waals surface area contributed by atoms with Gasteiger partial charge in [-0.15, -0.1) is 0 Å². The van der Waals surface area contributed by atoms with Crippen LogP contribution in [0.25, 0.3) is 0 Å². The van der Waals surface area contributed by atoms with Crippen LogP contribution in [0.5, 0.6) is 23.0 Å². The number of alkyl halides is 2. The second-order valence-corrected chi connectivity index (χ2v) is 6.11. The lowest BCUT2D eigenvalue weighted by Crippen LogP contribution is -2.30. The normalized spacial score (nSPS) is 10.4. The summed E-state index contributed by atoms with van der Waals surface area (Å²) >= 11 is 0. The van der Waals surface area contributed by atoms with Crippen LogP contribution in [0.4, 0.5) is 8.78 Å². The number of carbonyl (C=O) groups excluding carboxylic acids is 2. The lowest BCUT2D eigenvalue weighted by Gasteiger charge is -2.11. The van der Waals surface area contributed by atoms with Crippen molar-refractivity contribution >= 4 is 11.9 Å². The number of carbonyl (C=O) groups is 2. The zero-order chi connectivity index (χ0) is 22.8. The SMILES string of the molecule is COc1ccc(CCNC(=O)COC(=O)c2ccc(OC(F)F)c(OC)c2)cc1OC. The molecule has 0 saturated carbocycles. The molecular formula is C21H23F2NO7. The minimum absolute atomic E-state index is 0.0246. The summed E-state index contributed by atoms with van der Waals surface area (Å²) in [6.07, 6.45) is 0.531. The van der Waals surface area contributed by atoms with Crippen molar-refractivity contribution in [3.05, 3.63) is 47.5 Å². The largest absolute Gasteiger partial charge is 0.493 e. The molecule has 0 heterocycles. The van der Waals surface area contributed by atoms with E-state index in [1.807, 2.05) is 6.07 Å². The van der Waals surface area contributed by atoms with Crippen molar-refractivity contribution in [2.75, 3.05) is 34.5 Å². The second kappa shape index (κ2) is 11.6. The van der Waals surface area contributed by atoms with Crippen LogP contribution in [0.2, 0.25) is 0 Å². The first kappa shape index (κ1) is 23.7. The van der Waals surface area contributed by atoms with Crippen molar-refractivity contribution in [3.8, 4) is 23.0 Å². The zero-order valence-corrected chi connectivity index (χ0v) is 17.3. The van der Waals surface area contributed by atoms with E-state index in [4.69, 9.17) is 18.9 Å². The molecule has 2 aromatic rings. The smallest absolute Gasteiger partial charge is 0.387 e. The van der Waals surface area contributed by atoms with Gasteiger partial charge < -0.3 is 29.0 Å². The van der Waals surface area contributed by atoms with Gasteiger partial charge in [-0.05, 0) is 42.3 Å². The quantitative estimate of drug-likeness (QED) is 0.538. The van der Waals surface area contributed by atoms with E-state index in [-0.39, 0.29) is 17.1 Å². The van der Waals surface area contributed by atoms with Crippen molar-refractivity contribution in [1.82, 2.24) is 5.32 Å². The van der Waals surface area contributed by atoms with Gasteiger partial charge in [0.1, 0.15) is 0 Å². The predicted molar refractivity (Wildman–Crippen MR) is 106 cm³/mol. The van der Waals surface area contributed by atoms with Crippen LogP contribution in [0.1, 0.15) is 15.9 Å². The van der Waals surface area contributed by atoms with Gasteiger partial charge in [0, 0.05) is 6.54 Å². The number of amides is 1. The number of methoxy groups -OCH3 is 3. The number of nitrogens with one attached hydrogen (secondary N) is 1. The van der Waals surface area contributed by atoms with E-state index >= 15 is 0 Å². The Balaban J connectivity index is 1.82. The monoisotopic (exact) mass is 439 g/mol. The average molecular weight is 439 g/mol. The first-order valence-corrected chi connectivity index (χ1v) is 9.15. The molecule has 0 aromatic heterocycles. The van der Waals surface area contributed by atoms with Gasteiger partial charge >= 0.3 is 12.6 Å². The molecule has 10 heteroatoms. The average Bonchev–Trinajstić information content (AvgIpc) is 2.77. The van der Waals surface area contributed by atoms with Gasteiger partial charge in [-0.2, -0.15) is 8.78 Å². The Morgan fingerprint density at radius 1 is 0.903 bits per heavy atom. The van der Waals surface area contributed by atoms with Gasteiger partial charge in [-0.25, -0.2) is 4.79 Å². The van der Waals surface area contributed by atoms with E-state index in [0.717, 1.165) is 11.6 Å². The first-order valence-electron chi connectivity index (χ1n) is 9.15. The Morgan fingerprint density at radius 3 is 2.19 bits per heavy atom. The topological polar surface area (TPSA) is 92.3 Å².